The van der Waals surface area contributed by atoms with Gasteiger partial charge in [-0.2, -0.15) is 0 Å². The maximum Gasteiger partial charge on any atom is 0.310 e. The van der Waals surface area contributed by atoms with Gasteiger partial charge < -0.3 is 29.5 Å². The Morgan fingerprint density at radius 2 is 2.00 bits per heavy atom. The smallest absolute Gasteiger partial charge is 0.310 e. The first-order valence-corrected chi connectivity index (χ1v) is 12.9. The molecule has 3 fully saturated rings. The van der Waals surface area contributed by atoms with E-state index in [4.69, 9.17) is 9.47 Å². The summed E-state index contributed by atoms with van der Waals surface area (Å²) in [6.07, 6.45) is 2.65. The number of fused-ring (bicyclic) bond motifs is 1. The fourth-order valence-electron chi connectivity index (χ4n) is 6.87. The van der Waals surface area contributed by atoms with Crippen molar-refractivity contribution in [3.63, 3.8) is 0 Å². The van der Waals surface area contributed by atoms with E-state index in [1.54, 1.807) is 44.4 Å². The number of rotatable bonds is 10. The molecule has 0 aromatic heterocycles. The average Bonchev–Trinajstić information content (AvgIpc) is 3.39. The van der Waals surface area contributed by atoms with Gasteiger partial charge in [0.1, 0.15) is 23.3 Å². The number of aliphatic carboxylic acids is 1. The number of anilines is 1. The predicted octanol–water partition coefficient (Wildman–Crippen LogP) is 2.72. The number of amides is 2. The molecule has 4 rings (SSSR count). The number of ether oxygens (including phenoxy) is 2. The first kappa shape index (κ1) is 27.1. The molecule has 3 aliphatic rings. The number of hydrogen-bond donors (Lipinski definition) is 2. The lowest BCUT2D eigenvalue weighted by Gasteiger charge is -2.41. The number of carbonyl (C=O) groups is 3. The van der Waals surface area contributed by atoms with Crippen LogP contribution in [0.15, 0.2) is 36.9 Å². The molecule has 2 N–H and O–H groups in total. The number of benzene rings is 1. The molecule has 8 atom stereocenters. The van der Waals surface area contributed by atoms with E-state index in [1.165, 1.54) is 9.80 Å². The van der Waals surface area contributed by atoms with Gasteiger partial charge in [0.2, 0.25) is 5.91 Å². The zero-order valence-corrected chi connectivity index (χ0v) is 22.2. The zero-order valence-electron chi connectivity index (χ0n) is 22.2. The van der Waals surface area contributed by atoms with Crippen molar-refractivity contribution in [1.29, 1.82) is 0 Å². The lowest BCUT2D eigenvalue weighted by atomic mass is 9.62. The van der Waals surface area contributed by atoms with E-state index in [0.29, 0.717) is 24.3 Å². The summed E-state index contributed by atoms with van der Waals surface area (Å²) in [7, 11) is 1.56. The van der Waals surface area contributed by atoms with Gasteiger partial charge in [0.25, 0.3) is 5.91 Å². The van der Waals surface area contributed by atoms with Gasteiger partial charge in [-0.25, -0.2) is 0 Å². The second-order valence-corrected chi connectivity index (χ2v) is 10.9. The summed E-state index contributed by atoms with van der Waals surface area (Å²) in [5, 5.41) is 20.7. The van der Waals surface area contributed by atoms with Crippen LogP contribution in [0.3, 0.4) is 0 Å². The lowest BCUT2D eigenvalue weighted by Crippen LogP contribution is -2.60. The monoisotopic (exact) mass is 514 g/mol. The largest absolute Gasteiger partial charge is 0.497 e. The maximum atomic E-state index is 14.5. The average molecular weight is 515 g/mol. The minimum Gasteiger partial charge on any atom is -0.497 e. The molecule has 0 radical (unpaired) electrons. The van der Waals surface area contributed by atoms with E-state index in [9.17, 15) is 24.6 Å². The Morgan fingerprint density at radius 3 is 2.51 bits per heavy atom. The summed E-state index contributed by atoms with van der Waals surface area (Å²) >= 11 is 0. The number of methoxy groups -OCH3 is 1. The molecule has 3 aliphatic heterocycles. The Kier molecular flexibility index (Phi) is 7.16. The Balaban J connectivity index is 1.88. The lowest BCUT2D eigenvalue weighted by molar-refractivity contribution is -0.158. The van der Waals surface area contributed by atoms with Gasteiger partial charge in [-0.3, -0.25) is 14.4 Å². The molecule has 9 heteroatoms. The number of carboxylic acid groups (broad SMARTS) is 1. The Labute approximate surface area is 218 Å². The van der Waals surface area contributed by atoms with Gasteiger partial charge in [-0.1, -0.05) is 33.3 Å². The van der Waals surface area contributed by atoms with Crippen LogP contribution in [0, 0.1) is 23.7 Å². The SMILES string of the molecule is C=CCN(C(=O)C1N([C@@H](CO)[C@@H](C)CC)C(=O)[C@@H]2[C@@H](C(=O)O)[C@]3(C)OC12CC3C)c1ccc(OC)cc1. The van der Waals surface area contributed by atoms with Crippen LogP contribution in [-0.2, 0) is 19.1 Å². The molecule has 1 aromatic rings. The molecule has 3 unspecified atom stereocenters. The van der Waals surface area contributed by atoms with Gasteiger partial charge in [0.05, 0.1) is 31.3 Å². The molecule has 0 aliphatic carbocycles. The number of aliphatic hydroxyl groups is 1. The van der Waals surface area contributed by atoms with E-state index in [1.807, 2.05) is 20.8 Å². The fourth-order valence-corrected chi connectivity index (χ4v) is 6.87. The second kappa shape index (κ2) is 9.76. The number of aliphatic hydroxyl groups excluding tert-OH is 1. The molecule has 2 bridgehead atoms. The molecular weight excluding hydrogens is 476 g/mol. The van der Waals surface area contributed by atoms with Crippen LogP contribution in [0.5, 0.6) is 5.75 Å². The highest BCUT2D eigenvalue weighted by molar-refractivity contribution is 6.05. The van der Waals surface area contributed by atoms with Crippen LogP contribution < -0.4 is 9.64 Å². The van der Waals surface area contributed by atoms with Crippen LogP contribution in [0.1, 0.15) is 40.5 Å². The van der Waals surface area contributed by atoms with Crippen LogP contribution in [0.25, 0.3) is 0 Å². The quantitative estimate of drug-likeness (QED) is 0.461. The topological polar surface area (TPSA) is 117 Å². The normalized spacial score (nSPS) is 33.7. The highest BCUT2D eigenvalue weighted by Gasteiger charge is 2.80. The Hall–Kier alpha value is -2.91. The minimum absolute atomic E-state index is 0.123. The van der Waals surface area contributed by atoms with E-state index in [2.05, 4.69) is 6.58 Å². The van der Waals surface area contributed by atoms with E-state index in [-0.39, 0.29) is 30.9 Å². The molecule has 2 amide bonds. The van der Waals surface area contributed by atoms with Crippen LogP contribution in [0.2, 0.25) is 0 Å². The van der Waals surface area contributed by atoms with Crippen molar-refractivity contribution in [2.75, 3.05) is 25.2 Å². The number of nitrogens with zero attached hydrogens (tertiary/aromatic N) is 2. The summed E-state index contributed by atoms with van der Waals surface area (Å²) < 4.78 is 11.8. The number of hydrogen-bond acceptors (Lipinski definition) is 6. The molecule has 1 aromatic carbocycles. The summed E-state index contributed by atoms with van der Waals surface area (Å²) in [5.41, 5.74) is -1.80. The fraction of sp³-hybridized carbons (Fsp3) is 0.607. The molecule has 1 spiro atoms. The third-order valence-corrected chi connectivity index (χ3v) is 9.06. The predicted molar refractivity (Wildman–Crippen MR) is 137 cm³/mol. The number of carbonyl (C=O) groups excluding carboxylic acids is 2. The third-order valence-electron chi connectivity index (χ3n) is 9.06. The van der Waals surface area contributed by atoms with Crippen molar-refractivity contribution in [3.8, 4) is 5.75 Å². The van der Waals surface area contributed by atoms with Gasteiger partial charge in [-0.05, 0) is 49.4 Å². The van der Waals surface area contributed by atoms with Crippen molar-refractivity contribution in [1.82, 2.24) is 4.90 Å². The summed E-state index contributed by atoms with van der Waals surface area (Å²) in [4.78, 5) is 44.2. The van der Waals surface area contributed by atoms with Crippen LogP contribution in [0.4, 0.5) is 5.69 Å². The number of likely N-dealkylation sites (tertiary alicyclic amines) is 1. The van der Waals surface area contributed by atoms with Crippen LogP contribution >= 0.6 is 0 Å². The first-order chi connectivity index (χ1) is 17.5. The van der Waals surface area contributed by atoms with Gasteiger partial charge >= 0.3 is 5.97 Å². The zero-order chi connectivity index (χ0) is 27.3. The van der Waals surface area contributed by atoms with E-state index < -0.39 is 47.0 Å². The van der Waals surface area contributed by atoms with Gasteiger partial charge in [0, 0.05) is 12.2 Å². The molecule has 3 heterocycles. The first-order valence-electron chi connectivity index (χ1n) is 12.9. The highest BCUT2D eigenvalue weighted by Crippen LogP contribution is 2.65. The van der Waals surface area contributed by atoms with Crippen molar-refractivity contribution in [3.05, 3.63) is 36.9 Å². The van der Waals surface area contributed by atoms with Gasteiger partial charge in [-0.15, -0.1) is 6.58 Å². The highest BCUT2D eigenvalue weighted by atomic mass is 16.5. The van der Waals surface area contributed by atoms with Crippen molar-refractivity contribution < 1.29 is 34.1 Å². The molecule has 202 valence electrons. The molecule has 37 heavy (non-hydrogen) atoms. The molecular formula is C28H38N2O7. The van der Waals surface area contributed by atoms with E-state index in [0.717, 1.165) is 0 Å². The van der Waals surface area contributed by atoms with Gasteiger partial charge in [0.15, 0.2) is 0 Å². The number of carboxylic acids is 1. The maximum absolute atomic E-state index is 14.5. The van der Waals surface area contributed by atoms with Crippen molar-refractivity contribution in [2.24, 2.45) is 23.7 Å². The third kappa shape index (κ3) is 3.85. The molecule has 0 saturated carbocycles. The Morgan fingerprint density at radius 1 is 1.35 bits per heavy atom. The Bertz CT molecular complexity index is 1070. The standard InChI is InChI=1S/C28H38N2O7/c1-7-13-29(18-9-11-19(36-6)12-10-18)25(33)23-28-14-17(4)27(5,37-28)22(26(34)35)21(28)24(32)30(23)20(15-31)16(3)8-2/h7,9-12,16-17,20-23,31H,1,8,13-15H2,2-6H3,(H,34,35)/t16-,17?,20-,21-,22-,23?,27+,28?/m0/s1. The molecule has 3 saturated heterocycles. The minimum atomic E-state index is -1.31. The molecule has 9 nitrogen and oxygen atoms in total. The van der Waals surface area contributed by atoms with E-state index >= 15 is 0 Å². The second-order valence-electron chi connectivity index (χ2n) is 10.9. The van der Waals surface area contributed by atoms with Crippen molar-refractivity contribution in [2.45, 2.75) is 63.8 Å². The van der Waals surface area contributed by atoms with Crippen LogP contribution in [-0.4, -0.2) is 76.4 Å². The summed E-state index contributed by atoms with van der Waals surface area (Å²) in [6, 6.07) is 5.25. The summed E-state index contributed by atoms with van der Waals surface area (Å²) in [6.45, 7) is 11.2. The van der Waals surface area contributed by atoms with Crippen molar-refractivity contribution >= 4 is 23.5 Å². The summed E-state index contributed by atoms with van der Waals surface area (Å²) in [5.74, 6) is -3.70.